The quantitative estimate of drug-likeness (QED) is 0.429. The van der Waals surface area contributed by atoms with Gasteiger partial charge in [0.05, 0.1) is 23.9 Å². The van der Waals surface area contributed by atoms with Crippen molar-refractivity contribution in [2.75, 3.05) is 20.0 Å². The highest BCUT2D eigenvalue weighted by Gasteiger charge is 2.17. The summed E-state index contributed by atoms with van der Waals surface area (Å²) in [5, 5.41) is 10.9. The molecule has 0 amide bonds. The molecule has 3 rings (SSSR count). The Morgan fingerprint density at radius 3 is 2.64 bits per heavy atom. The summed E-state index contributed by atoms with van der Waals surface area (Å²) in [5.74, 6) is 2.41. The second-order valence-electron chi connectivity index (χ2n) is 5.54. The molecule has 0 unspecified atom stereocenters. The zero-order valence-electron chi connectivity index (χ0n) is 14.8. The number of thiazole rings is 1. The molecule has 25 heavy (non-hydrogen) atoms. The summed E-state index contributed by atoms with van der Waals surface area (Å²) in [6.07, 6.45) is 2.33. The van der Waals surface area contributed by atoms with Crippen LogP contribution in [0.25, 0.3) is 21.5 Å². The Bertz CT molecular complexity index is 880. The van der Waals surface area contributed by atoms with Crippen molar-refractivity contribution in [3.63, 3.8) is 0 Å². The highest BCUT2D eigenvalue weighted by atomic mass is 32.2. The zero-order valence-corrected chi connectivity index (χ0v) is 16.5. The first-order valence-corrected chi connectivity index (χ1v) is 9.97. The van der Waals surface area contributed by atoms with E-state index in [1.165, 1.54) is 6.42 Å². The minimum atomic E-state index is 0.678. The summed E-state index contributed by atoms with van der Waals surface area (Å²) in [4.78, 5) is 4.69. The van der Waals surface area contributed by atoms with Crippen LogP contribution in [0.4, 0.5) is 0 Å². The number of fused-ring (bicyclic) bond motifs is 1. The first-order chi connectivity index (χ1) is 12.2. The number of hydrogen-bond donors (Lipinski definition) is 0. The molecule has 3 aromatic rings. The Kier molecular flexibility index (Phi) is 5.75. The number of methoxy groups -OCH3 is 2. The number of rotatable bonds is 7. The van der Waals surface area contributed by atoms with Gasteiger partial charge in [0.25, 0.3) is 0 Å². The molecule has 0 aliphatic rings. The van der Waals surface area contributed by atoms with Crippen molar-refractivity contribution < 1.29 is 9.47 Å². The monoisotopic (exact) mass is 375 g/mol. The maximum absolute atomic E-state index is 5.42. The Hall–Kier alpha value is -1.86. The lowest BCUT2D eigenvalue weighted by Crippen LogP contribution is -1.95. The van der Waals surface area contributed by atoms with E-state index in [0.29, 0.717) is 11.5 Å². The van der Waals surface area contributed by atoms with E-state index in [-0.39, 0.29) is 0 Å². The smallest absolute Gasteiger partial charge is 0.161 e. The maximum Gasteiger partial charge on any atom is 0.161 e. The highest BCUT2D eigenvalue weighted by molar-refractivity contribution is 7.99. The number of aromatic nitrogens is 3. The molecule has 0 aliphatic heterocycles. The van der Waals surface area contributed by atoms with Gasteiger partial charge < -0.3 is 9.47 Å². The van der Waals surface area contributed by atoms with Gasteiger partial charge in [0.1, 0.15) is 16.2 Å². The number of thioether (sulfide) groups is 1. The first-order valence-electron chi connectivity index (χ1n) is 8.17. The third-order valence-electron chi connectivity index (χ3n) is 3.79. The molecule has 132 valence electrons. The molecule has 0 bridgehead atoms. The van der Waals surface area contributed by atoms with Crippen LogP contribution in [0.1, 0.15) is 24.8 Å². The predicted molar refractivity (Wildman–Crippen MR) is 104 cm³/mol. The molecule has 0 saturated heterocycles. The van der Waals surface area contributed by atoms with E-state index in [1.54, 1.807) is 37.3 Å². The largest absolute Gasteiger partial charge is 0.493 e. The number of benzene rings is 1. The zero-order chi connectivity index (χ0) is 17.8. The van der Waals surface area contributed by atoms with E-state index in [9.17, 15) is 0 Å². The standard InChI is InChI=1S/C18H21N3O2S2/c1-5-6-9-24-18-16-17(25-11(2)19-16)15(20-21-18)12-7-8-13(22-3)14(10-12)23-4/h7-8,10H,5-6,9H2,1-4H3. The topological polar surface area (TPSA) is 57.1 Å². The molecule has 1 aromatic carbocycles. The van der Waals surface area contributed by atoms with Crippen LogP contribution >= 0.6 is 23.1 Å². The van der Waals surface area contributed by atoms with Crippen molar-refractivity contribution in [2.45, 2.75) is 31.7 Å². The Morgan fingerprint density at radius 1 is 1.12 bits per heavy atom. The van der Waals surface area contributed by atoms with E-state index in [4.69, 9.17) is 14.5 Å². The molecule has 2 aromatic heterocycles. The van der Waals surface area contributed by atoms with Gasteiger partial charge in [0.2, 0.25) is 0 Å². The number of aryl methyl sites for hydroxylation is 1. The molecule has 7 heteroatoms. The van der Waals surface area contributed by atoms with E-state index >= 15 is 0 Å². The number of nitrogens with zero attached hydrogens (tertiary/aromatic N) is 3. The fraction of sp³-hybridized carbons (Fsp3) is 0.389. The highest BCUT2D eigenvalue weighted by Crippen LogP contribution is 2.38. The second-order valence-corrected chi connectivity index (χ2v) is 7.82. The molecule has 5 nitrogen and oxygen atoms in total. The van der Waals surface area contributed by atoms with Crippen LogP contribution in [-0.2, 0) is 0 Å². The average Bonchev–Trinajstić information content (AvgIpc) is 3.03. The molecule has 2 heterocycles. The van der Waals surface area contributed by atoms with Gasteiger partial charge in [-0.05, 0) is 37.3 Å². The fourth-order valence-corrected chi connectivity index (χ4v) is 4.50. The van der Waals surface area contributed by atoms with E-state index in [1.807, 2.05) is 25.1 Å². The van der Waals surface area contributed by atoms with E-state index in [0.717, 1.165) is 43.7 Å². The van der Waals surface area contributed by atoms with Crippen LogP contribution in [0, 0.1) is 6.92 Å². The molecule has 0 fully saturated rings. The van der Waals surface area contributed by atoms with Gasteiger partial charge in [0.15, 0.2) is 11.5 Å². The second kappa shape index (κ2) is 8.01. The summed E-state index contributed by atoms with van der Waals surface area (Å²) in [7, 11) is 3.26. The normalized spacial score (nSPS) is 11.0. The lowest BCUT2D eigenvalue weighted by molar-refractivity contribution is 0.355. The van der Waals surface area contributed by atoms with Crippen LogP contribution < -0.4 is 9.47 Å². The number of unbranched alkanes of at least 4 members (excludes halogenated alkanes) is 1. The van der Waals surface area contributed by atoms with Gasteiger partial charge in [-0.1, -0.05) is 13.3 Å². The lowest BCUT2D eigenvalue weighted by atomic mass is 10.1. The summed E-state index contributed by atoms with van der Waals surface area (Å²) in [6.45, 7) is 4.21. The summed E-state index contributed by atoms with van der Waals surface area (Å²) >= 11 is 3.38. The van der Waals surface area contributed by atoms with Crippen LogP contribution in [0.15, 0.2) is 23.2 Å². The molecule has 0 N–H and O–H groups in total. The Morgan fingerprint density at radius 2 is 1.92 bits per heavy atom. The van der Waals surface area contributed by atoms with Crippen molar-refractivity contribution in [2.24, 2.45) is 0 Å². The molecule has 0 saturated carbocycles. The van der Waals surface area contributed by atoms with Gasteiger partial charge in [-0.25, -0.2) is 4.98 Å². The predicted octanol–water partition coefficient (Wildman–Crippen LogP) is 4.97. The maximum atomic E-state index is 5.42. The van der Waals surface area contributed by atoms with Crippen molar-refractivity contribution in [3.8, 4) is 22.8 Å². The molecule has 0 aliphatic carbocycles. The van der Waals surface area contributed by atoms with Gasteiger partial charge in [-0.3, -0.25) is 0 Å². The minimum absolute atomic E-state index is 0.678. The molecule has 0 spiro atoms. The van der Waals surface area contributed by atoms with E-state index in [2.05, 4.69) is 17.1 Å². The summed E-state index contributed by atoms with van der Waals surface area (Å²) in [6, 6.07) is 5.80. The fourth-order valence-electron chi connectivity index (χ4n) is 2.50. The molecular formula is C18H21N3O2S2. The van der Waals surface area contributed by atoms with Gasteiger partial charge >= 0.3 is 0 Å². The van der Waals surface area contributed by atoms with Crippen molar-refractivity contribution in [1.82, 2.24) is 15.2 Å². The summed E-state index contributed by atoms with van der Waals surface area (Å²) < 4.78 is 11.8. The summed E-state index contributed by atoms with van der Waals surface area (Å²) in [5.41, 5.74) is 2.73. The van der Waals surface area contributed by atoms with Crippen molar-refractivity contribution in [1.29, 1.82) is 0 Å². The van der Waals surface area contributed by atoms with Crippen LogP contribution in [0.2, 0.25) is 0 Å². The third kappa shape index (κ3) is 3.72. The molecule has 0 radical (unpaired) electrons. The third-order valence-corrected chi connectivity index (χ3v) is 5.80. The van der Waals surface area contributed by atoms with Crippen LogP contribution in [0.3, 0.4) is 0 Å². The van der Waals surface area contributed by atoms with Gasteiger partial charge in [-0.15, -0.1) is 33.3 Å². The Balaban J connectivity index is 2.07. The average molecular weight is 376 g/mol. The van der Waals surface area contributed by atoms with Crippen LogP contribution in [0.5, 0.6) is 11.5 Å². The van der Waals surface area contributed by atoms with Crippen molar-refractivity contribution >= 4 is 33.3 Å². The number of hydrogen-bond acceptors (Lipinski definition) is 7. The van der Waals surface area contributed by atoms with Gasteiger partial charge in [-0.2, -0.15) is 0 Å². The minimum Gasteiger partial charge on any atom is -0.493 e. The Labute approximate surface area is 155 Å². The number of ether oxygens (including phenoxy) is 2. The van der Waals surface area contributed by atoms with E-state index < -0.39 is 0 Å². The molecular weight excluding hydrogens is 354 g/mol. The van der Waals surface area contributed by atoms with Gasteiger partial charge in [0, 0.05) is 5.56 Å². The SMILES string of the molecule is CCCCSc1nnc(-c2ccc(OC)c(OC)c2)c2sc(C)nc12. The lowest BCUT2D eigenvalue weighted by Gasteiger charge is -2.10. The first kappa shape index (κ1) is 17.9. The molecule has 0 atom stereocenters. The van der Waals surface area contributed by atoms with Crippen LogP contribution in [-0.4, -0.2) is 35.2 Å². The van der Waals surface area contributed by atoms with Crippen molar-refractivity contribution in [3.05, 3.63) is 23.2 Å².